The predicted molar refractivity (Wildman–Crippen MR) is 160 cm³/mol. The van der Waals surface area contributed by atoms with Gasteiger partial charge in [-0.25, -0.2) is 14.6 Å². The van der Waals surface area contributed by atoms with Gasteiger partial charge in [0.1, 0.15) is 23.3 Å². The van der Waals surface area contributed by atoms with Gasteiger partial charge in [-0.05, 0) is 56.7 Å². The van der Waals surface area contributed by atoms with Crippen molar-refractivity contribution in [1.82, 2.24) is 39.3 Å². The molecule has 0 radical (unpaired) electrons. The molecular weight excluding hydrogens is 587 g/mol. The van der Waals surface area contributed by atoms with Crippen LogP contribution in [0.5, 0.6) is 0 Å². The topological polar surface area (TPSA) is 118 Å². The second-order valence-electron chi connectivity index (χ2n) is 11.3. The summed E-state index contributed by atoms with van der Waals surface area (Å²) >= 11 is 6.05. The molecule has 1 N–H and O–H groups in total. The molecule has 0 aliphatic carbocycles. The zero-order valence-electron chi connectivity index (χ0n) is 24.5. The number of pyridine rings is 1. The quantitative estimate of drug-likeness (QED) is 0.373. The summed E-state index contributed by atoms with van der Waals surface area (Å²) in [6, 6.07) is 11.8. The molecule has 4 aromatic rings. The maximum atomic E-state index is 15.4. The number of nitrogens with one attached hydrogen (secondary N) is 1. The number of benzene rings is 1. The molecule has 2 atom stereocenters. The molecule has 0 spiro atoms. The maximum Gasteiger partial charge on any atom is 0.277 e. The van der Waals surface area contributed by atoms with Gasteiger partial charge in [0.05, 0.1) is 17.6 Å². The Morgan fingerprint density at radius 2 is 1.84 bits per heavy atom. The minimum Gasteiger partial charge on any atom is -0.344 e. The smallest absolute Gasteiger partial charge is 0.277 e. The van der Waals surface area contributed by atoms with Crippen LogP contribution < -0.4 is 5.32 Å². The molecule has 3 aromatic heterocycles. The summed E-state index contributed by atoms with van der Waals surface area (Å²) in [5, 5.41) is 8.10. The van der Waals surface area contributed by atoms with Crippen molar-refractivity contribution in [1.29, 1.82) is 0 Å². The molecule has 2 aliphatic rings. The molecular formula is C31H34ClFN8O3. The van der Waals surface area contributed by atoms with E-state index in [1.165, 1.54) is 11.1 Å². The molecule has 2 aliphatic heterocycles. The van der Waals surface area contributed by atoms with E-state index in [9.17, 15) is 14.4 Å². The predicted octanol–water partition coefficient (Wildman–Crippen LogP) is 3.74. The van der Waals surface area contributed by atoms with Gasteiger partial charge in [-0.1, -0.05) is 41.9 Å². The fourth-order valence-corrected chi connectivity index (χ4v) is 6.25. The SMILES string of the molecule is Cc1nc2n(n1)CCN(C(=O)c1nc3ccc(Cl)cn3c1F)CCCC(=O)N1CCCC[C@H]1C(=O)N[C@@H]2Cc1ccccc1. The number of aromatic nitrogens is 5. The number of rotatable bonds is 3. The normalized spacial score (nSPS) is 20.2. The van der Waals surface area contributed by atoms with E-state index in [1.54, 1.807) is 28.6 Å². The number of amides is 3. The van der Waals surface area contributed by atoms with Crippen LogP contribution in [0.15, 0.2) is 48.7 Å². The zero-order valence-corrected chi connectivity index (χ0v) is 25.2. The fourth-order valence-electron chi connectivity index (χ4n) is 6.09. The van der Waals surface area contributed by atoms with Crippen LogP contribution in [0.3, 0.4) is 0 Å². The van der Waals surface area contributed by atoms with Crippen LogP contribution in [0.1, 0.15) is 65.8 Å². The van der Waals surface area contributed by atoms with E-state index >= 15 is 4.39 Å². The van der Waals surface area contributed by atoms with E-state index < -0.39 is 23.9 Å². The average molecular weight is 621 g/mol. The second-order valence-corrected chi connectivity index (χ2v) is 11.7. The van der Waals surface area contributed by atoms with E-state index in [0.29, 0.717) is 42.5 Å². The van der Waals surface area contributed by atoms with Crippen LogP contribution in [-0.4, -0.2) is 77.3 Å². The molecule has 1 aromatic carbocycles. The highest BCUT2D eigenvalue weighted by Crippen LogP contribution is 2.24. The lowest BCUT2D eigenvalue weighted by Crippen LogP contribution is -2.53. The molecule has 0 saturated carbocycles. The maximum absolute atomic E-state index is 15.4. The first-order chi connectivity index (χ1) is 21.3. The highest BCUT2D eigenvalue weighted by atomic mass is 35.5. The summed E-state index contributed by atoms with van der Waals surface area (Å²) in [7, 11) is 0. The van der Waals surface area contributed by atoms with E-state index in [-0.39, 0.29) is 49.2 Å². The van der Waals surface area contributed by atoms with Gasteiger partial charge in [0.15, 0.2) is 5.69 Å². The number of carbonyl (C=O) groups is 3. The summed E-state index contributed by atoms with van der Waals surface area (Å²) in [6.07, 6.45) is 4.56. The van der Waals surface area contributed by atoms with Crippen LogP contribution in [0.4, 0.5) is 4.39 Å². The van der Waals surface area contributed by atoms with Crippen molar-refractivity contribution < 1.29 is 18.8 Å². The van der Waals surface area contributed by atoms with Crippen molar-refractivity contribution in [2.75, 3.05) is 19.6 Å². The van der Waals surface area contributed by atoms with Crippen LogP contribution in [0.25, 0.3) is 5.65 Å². The third-order valence-corrected chi connectivity index (χ3v) is 8.48. The Kier molecular flexibility index (Phi) is 8.60. The largest absolute Gasteiger partial charge is 0.344 e. The van der Waals surface area contributed by atoms with Crippen molar-refractivity contribution in [2.24, 2.45) is 0 Å². The first kappa shape index (κ1) is 29.7. The van der Waals surface area contributed by atoms with Crippen molar-refractivity contribution in [2.45, 2.75) is 64.1 Å². The number of hydrogen-bond acceptors (Lipinski definition) is 6. The number of halogens is 2. The summed E-state index contributed by atoms with van der Waals surface area (Å²) in [5.41, 5.74) is 0.944. The van der Waals surface area contributed by atoms with Gasteiger partial charge in [0, 0.05) is 32.3 Å². The number of imidazole rings is 1. The van der Waals surface area contributed by atoms with Crippen LogP contribution >= 0.6 is 11.6 Å². The first-order valence-corrected chi connectivity index (χ1v) is 15.3. The number of hydrogen-bond donors (Lipinski definition) is 1. The van der Waals surface area contributed by atoms with Gasteiger partial charge in [-0.15, -0.1) is 0 Å². The highest BCUT2D eigenvalue weighted by molar-refractivity contribution is 6.30. The Bertz CT molecular complexity index is 1690. The highest BCUT2D eigenvalue weighted by Gasteiger charge is 2.35. The van der Waals surface area contributed by atoms with E-state index in [2.05, 4.69) is 15.4 Å². The van der Waals surface area contributed by atoms with Crippen molar-refractivity contribution in [3.05, 3.63) is 82.5 Å². The van der Waals surface area contributed by atoms with Gasteiger partial charge in [0.2, 0.25) is 17.8 Å². The zero-order chi connectivity index (χ0) is 30.8. The summed E-state index contributed by atoms with van der Waals surface area (Å²) < 4.78 is 18.3. The third-order valence-electron chi connectivity index (χ3n) is 8.26. The standard InChI is InChI=1S/C31H34ClFN8O3/c1-20-34-29-23(18-21-8-3-2-4-9-21)35-30(43)24-10-5-6-15-39(24)26(42)11-7-14-38(16-17-41(29)37-20)31(44)27-28(33)40-19-22(32)12-13-25(40)36-27/h2-4,8-9,12-13,19,23-24H,5-7,10-11,14-18H2,1H3,(H,35,43)/t23-,24+/m1/s1. The van der Waals surface area contributed by atoms with Gasteiger partial charge in [-0.2, -0.15) is 9.49 Å². The van der Waals surface area contributed by atoms with E-state index in [1.807, 2.05) is 30.3 Å². The second kappa shape index (κ2) is 12.7. The number of piperidine rings is 1. The molecule has 1 fully saturated rings. The van der Waals surface area contributed by atoms with Gasteiger partial charge < -0.3 is 15.1 Å². The van der Waals surface area contributed by atoms with Crippen LogP contribution in [0.2, 0.25) is 5.02 Å². The Hall–Kier alpha value is -4.32. The summed E-state index contributed by atoms with van der Waals surface area (Å²) in [4.78, 5) is 53.0. The monoisotopic (exact) mass is 620 g/mol. The molecule has 13 heteroatoms. The molecule has 1 saturated heterocycles. The third kappa shape index (κ3) is 6.17. The summed E-state index contributed by atoms with van der Waals surface area (Å²) in [5.74, 6) is -0.671. The van der Waals surface area contributed by atoms with E-state index in [0.717, 1.165) is 22.8 Å². The number of aryl methyl sites for hydroxylation is 1. The Balaban J connectivity index is 1.36. The first-order valence-electron chi connectivity index (χ1n) is 15.0. The number of carbonyl (C=O) groups excluding carboxylic acids is 3. The minimum absolute atomic E-state index is 0.138. The molecule has 44 heavy (non-hydrogen) atoms. The molecule has 5 heterocycles. The van der Waals surface area contributed by atoms with Crippen molar-refractivity contribution >= 4 is 35.0 Å². The minimum atomic E-state index is -0.804. The Morgan fingerprint density at radius 3 is 2.66 bits per heavy atom. The molecule has 6 rings (SSSR count). The van der Waals surface area contributed by atoms with Crippen molar-refractivity contribution in [3.63, 3.8) is 0 Å². The van der Waals surface area contributed by atoms with Crippen LogP contribution in [-0.2, 0) is 22.6 Å². The molecule has 0 unspecified atom stereocenters. The van der Waals surface area contributed by atoms with E-state index in [4.69, 9.17) is 16.6 Å². The summed E-state index contributed by atoms with van der Waals surface area (Å²) in [6.45, 7) is 2.87. The lowest BCUT2D eigenvalue weighted by molar-refractivity contribution is -0.142. The Labute approximate surface area is 259 Å². The number of fused-ring (bicyclic) bond motifs is 3. The number of nitrogens with zero attached hydrogens (tertiary/aromatic N) is 7. The lowest BCUT2D eigenvalue weighted by atomic mass is 9.99. The molecule has 0 bridgehead atoms. The molecule has 3 amide bonds. The van der Waals surface area contributed by atoms with Gasteiger partial charge >= 0.3 is 0 Å². The Morgan fingerprint density at radius 1 is 1.02 bits per heavy atom. The molecule has 230 valence electrons. The average Bonchev–Trinajstić information content (AvgIpc) is 3.56. The van der Waals surface area contributed by atoms with Crippen LogP contribution in [0, 0.1) is 12.9 Å². The molecule has 11 nitrogen and oxygen atoms in total. The van der Waals surface area contributed by atoms with Gasteiger partial charge in [0.25, 0.3) is 5.91 Å². The van der Waals surface area contributed by atoms with Crippen molar-refractivity contribution in [3.8, 4) is 0 Å². The van der Waals surface area contributed by atoms with Gasteiger partial charge in [-0.3, -0.25) is 18.8 Å². The fraction of sp³-hybridized carbons (Fsp3) is 0.419. The lowest BCUT2D eigenvalue weighted by Gasteiger charge is -2.36.